The summed E-state index contributed by atoms with van der Waals surface area (Å²) in [7, 11) is 1.77. The lowest BCUT2D eigenvalue weighted by Crippen LogP contribution is -2.55. The van der Waals surface area contributed by atoms with Gasteiger partial charge in [0.05, 0.1) is 11.8 Å². The van der Waals surface area contributed by atoms with Gasteiger partial charge in [-0.15, -0.1) is 13.2 Å². The van der Waals surface area contributed by atoms with Crippen LogP contribution in [0.2, 0.25) is 0 Å². The highest BCUT2D eigenvalue weighted by atomic mass is 19.4. The molecule has 0 spiro atoms. The average Bonchev–Trinajstić information content (AvgIpc) is 3.04. The number of hydrogen-bond acceptors (Lipinski definition) is 6. The summed E-state index contributed by atoms with van der Waals surface area (Å²) >= 11 is 0. The van der Waals surface area contributed by atoms with E-state index < -0.39 is 12.1 Å². The first-order valence-electron chi connectivity index (χ1n) is 11.0. The van der Waals surface area contributed by atoms with E-state index in [1.165, 1.54) is 25.1 Å². The summed E-state index contributed by atoms with van der Waals surface area (Å²) in [5.41, 5.74) is 7.76. The summed E-state index contributed by atoms with van der Waals surface area (Å²) < 4.78 is 49.5. The summed E-state index contributed by atoms with van der Waals surface area (Å²) in [4.78, 5) is 6.41. The van der Waals surface area contributed by atoms with E-state index in [-0.39, 0.29) is 11.9 Å². The van der Waals surface area contributed by atoms with Gasteiger partial charge in [-0.3, -0.25) is 9.58 Å². The molecule has 2 aromatic rings. The van der Waals surface area contributed by atoms with Gasteiger partial charge >= 0.3 is 6.36 Å². The van der Waals surface area contributed by atoms with Crippen molar-refractivity contribution < 1.29 is 22.6 Å². The van der Waals surface area contributed by atoms with Crippen molar-refractivity contribution in [3.63, 3.8) is 0 Å². The molecular formula is C22H28F3N5O2. The number of aromatic nitrogens is 3. The second-order valence-electron chi connectivity index (χ2n) is 9.44. The number of pyridine rings is 1. The molecule has 32 heavy (non-hydrogen) atoms. The fourth-order valence-corrected chi connectivity index (χ4v) is 5.48. The van der Waals surface area contributed by atoms with E-state index in [2.05, 4.69) is 28.5 Å². The van der Waals surface area contributed by atoms with E-state index in [1.807, 2.05) is 10.7 Å². The number of alkyl halides is 3. The Morgan fingerprint density at radius 3 is 2.44 bits per heavy atom. The minimum absolute atomic E-state index is 0.140. The van der Waals surface area contributed by atoms with Crippen molar-refractivity contribution in [2.45, 2.75) is 57.2 Å². The van der Waals surface area contributed by atoms with Crippen molar-refractivity contribution in [3.8, 4) is 17.0 Å². The first-order valence-corrected chi connectivity index (χ1v) is 11.0. The first-order chi connectivity index (χ1) is 15.1. The number of nitrogens with two attached hydrogens (primary N) is 1. The molecule has 5 rings (SSSR count). The van der Waals surface area contributed by atoms with Crippen LogP contribution in [0.5, 0.6) is 5.75 Å². The number of halogens is 3. The zero-order valence-electron chi connectivity index (χ0n) is 18.3. The van der Waals surface area contributed by atoms with Crippen LogP contribution in [0.3, 0.4) is 0 Å². The van der Waals surface area contributed by atoms with Gasteiger partial charge in [0.2, 0.25) is 0 Å². The fraction of sp³-hybridized carbons (Fsp3) is 0.636. The predicted molar refractivity (Wildman–Crippen MR) is 112 cm³/mol. The number of hydrogen-bond donors (Lipinski definition) is 1. The molecule has 1 aliphatic heterocycles. The van der Waals surface area contributed by atoms with Gasteiger partial charge in [0, 0.05) is 55.7 Å². The monoisotopic (exact) mass is 451 g/mol. The average molecular weight is 451 g/mol. The Hall–Kier alpha value is -2.33. The van der Waals surface area contributed by atoms with E-state index in [0.29, 0.717) is 41.2 Å². The molecule has 2 saturated carbocycles. The first kappa shape index (κ1) is 21.5. The third-order valence-electron chi connectivity index (χ3n) is 7.14. The Labute approximate surface area is 184 Å². The SMILES string of the molecule is COC1CN([C@@H]2C[C@@H]3[C@H](C2)[C@H]3c2cc(-c3cnc(N)c(OC(F)(F)F)c3)nn2C(C)C)C1. The van der Waals surface area contributed by atoms with Crippen molar-refractivity contribution in [1.29, 1.82) is 0 Å². The quantitative estimate of drug-likeness (QED) is 0.719. The zero-order valence-corrected chi connectivity index (χ0v) is 18.3. The molecule has 3 fully saturated rings. The van der Waals surface area contributed by atoms with Crippen molar-refractivity contribution in [2.75, 3.05) is 25.9 Å². The molecule has 2 aromatic heterocycles. The number of rotatable bonds is 6. The number of ether oxygens (including phenoxy) is 2. The van der Waals surface area contributed by atoms with Crippen LogP contribution in [0.4, 0.5) is 19.0 Å². The number of nitrogen functional groups attached to an aromatic ring is 1. The molecule has 174 valence electrons. The minimum Gasteiger partial charge on any atom is -0.402 e. The third-order valence-corrected chi connectivity index (χ3v) is 7.14. The van der Waals surface area contributed by atoms with Gasteiger partial charge in [-0.05, 0) is 50.7 Å². The van der Waals surface area contributed by atoms with Crippen LogP contribution in [-0.2, 0) is 4.74 Å². The van der Waals surface area contributed by atoms with Crippen molar-refractivity contribution >= 4 is 5.82 Å². The molecule has 1 saturated heterocycles. The number of likely N-dealkylation sites (tertiary alicyclic amines) is 1. The van der Waals surface area contributed by atoms with Crippen LogP contribution in [0, 0.1) is 11.8 Å². The van der Waals surface area contributed by atoms with E-state index in [4.69, 9.17) is 15.6 Å². The second-order valence-corrected chi connectivity index (χ2v) is 9.44. The molecule has 2 N–H and O–H groups in total. The Balaban J connectivity index is 1.35. The smallest absolute Gasteiger partial charge is 0.402 e. The van der Waals surface area contributed by atoms with Gasteiger partial charge in [0.25, 0.3) is 0 Å². The molecule has 0 amide bonds. The number of nitrogens with zero attached hydrogens (tertiary/aromatic N) is 4. The van der Waals surface area contributed by atoms with Crippen LogP contribution in [0.25, 0.3) is 11.3 Å². The lowest BCUT2D eigenvalue weighted by atomic mass is 9.99. The third kappa shape index (κ3) is 3.83. The maximum atomic E-state index is 12.7. The number of anilines is 1. The molecule has 2 aliphatic carbocycles. The van der Waals surface area contributed by atoms with Crippen LogP contribution >= 0.6 is 0 Å². The normalized spacial score (nSPS) is 28.1. The molecule has 7 nitrogen and oxygen atoms in total. The highest BCUT2D eigenvalue weighted by Gasteiger charge is 2.59. The van der Waals surface area contributed by atoms with E-state index in [0.717, 1.165) is 18.8 Å². The Morgan fingerprint density at radius 2 is 1.84 bits per heavy atom. The molecule has 3 heterocycles. The van der Waals surface area contributed by atoms with Gasteiger partial charge in [0.1, 0.15) is 0 Å². The predicted octanol–water partition coefficient (Wildman–Crippen LogP) is 3.83. The molecule has 0 aromatic carbocycles. The summed E-state index contributed by atoms with van der Waals surface area (Å²) in [5.74, 6) is 0.904. The van der Waals surface area contributed by atoms with Crippen molar-refractivity contribution in [3.05, 3.63) is 24.0 Å². The minimum atomic E-state index is -4.83. The van der Waals surface area contributed by atoms with Gasteiger partial charge in [-0.25, -0.2) is 4.98 Å². The lowest BCUT2D eigenvalue weighted by molar-refractivity contribution is -0.274. The number of methoxy groups -OCH3 is 1. The van der Waals surface area contributed by atoms with E-state index >= 15 is 0 Å². The van der Waals surface area contributed by atoms with Crippen molar-refractivity contribution in [1.82, 2.24) is 19.7 Å². The molecule has 0 radical (unpaired) electrons. The molecule has 10 heteroatoms. The summed E-state index contributed by atoms with van der Waals surface area (Å²) in [6, 6.07) is 4.02. The highest BCUT2D eigenvalue weighted by Crippen LogP contribution is 2.64. The van der Waals surface area contributed by atoms with E-state index in [1.54, 1.807) is 7.11 Å². The molecule has 3 aliphatic rings. The van der Waals surface area contributed by atoms with Gasteiger partial charge in [-0.1, -0.05) is 0 Å². The van der Waals surface area contributed by atoms with E-state index in [9.17, 15) is 13.2 Å². The standard InChI is InChI=1S/C22H28F3N5O2/c1-11(2)30-18(20-15-5-13(6-16(15)20)29-9-14(10-29)31-3)7-17(28-30)12-4-19(21(26)27-8-12)32-22(23,24)25/h4,7-8,11,13-16,20H,5-6,9-10H2,1-3H3,(H2,26,27)/t13-,15-,16+,20+. The topological polar surface area (TPSA) is 78.4 Å². The van der Waals surface area contributed by atoms with Gasteiger partial charge in [0.15, 0.2) is 11.6 Å². The van der Waals surface area contributed by atoms with Crippen LogP contribution < -0.4 is 10.5 Å². The summed E-state index contributed by atoms with van der Waals surface area (Å²) in [6.07, 6.45) is -0.671. The van der Waals surface area contributed by atoms with Gasteiger partial charge in [-0.2, -0.15) is 5.10 Å². The maximum absolute atomic E-state index is 12.7. The summed E-state index contributed by atoms with van der Waals surface area (Å²) in [6.45, 7) is 6.16. The molecule has 0 unspecified atom stereocenters. The maximum Gasteiger partial charge on any atom is 0.573 e. The molecule has 4 atom stereocenters. The number of fused-ring (bicyclic) bond motifs is 1. The highest BCUT2D eigenvalue weighted by molar-refractivity contribution is 5.64. The molecular weight excluding hydrogens is 423 g/mol. The van der Waals surface area contributed by atoms with Crippen molar-refractivity contribution in [2.24, 2.45) is 11.8 Å². The Kier molecular flexibility index (Phi) is 5.12. The Morgan fingerprint density at radius 1 is 1.16 bits per heavy atom. The molecule has 0 bridgehead atoms. The lowest BCUT2D eigenvalue weighted by Gasteiger charge is -2.43. The largest absolute Gasteiger partial charge is 0.573 e. The Bertz CT molecular complexity index is 990. The van der Waals surface area contributed by atoms with Crippen LogP contribution in [0.15, 0.2) is 18.3 Å². The zero-order chi connectivity index (χ0) is 22.8. The summed E-state index contributed by atoms with van der Waals surface area (Å²) in [5, 5.41) is 4.71. The van der Waals surface area contributed by atoms with Crippen LogP contribution in [0.1, 0.15) is 44.3 Å². The second kappa shape index (κ2) is 7.62. The van der Waals surface area contributed by atoms with Crippen LogP contribution in [-0.4, -0.2) is 58.4 Å². The van der Waals surface area contributed by atoms with Gasteiger partial charge < -0.3 is 15.2 Å². The fourth-order valence-electron chi connectivity index (χ4n) is 5.48.